The molecule has 1 aliphatic rings. The minimum Gasteiger partial charge on any atom is -0.361 e. The van der Waals surface area contributed by atoms with Crippen LogP contribution < -0.4 is 0 Å². The van der Waals surface area contributed by atoms with Crippen molar-refractivity contribution in [3.63, 3.8) is 0 Å². The number of rotatable bonds is 3. The van der Waals surface area contributed by atoms with Crippen LogP contribution >= 0.6 is 27.5 Å². The van der Waals surface area contributed by atoms with Crippen molar-refractivity contribution in [1.82, 2.24) is 19.9 Å². The van der Waals surface area contributed by atoms with E-state index >= 15 is 0 Å². The highest BCUT2D eigenvalue weighted by atomic mass is 79.9. The number of halogens is 2. The molecule has 140 valence electrons. The van der Waals surface area contributed by atoms with Gasteiger partial charge < -0.3 is 4.98 Å². The largest absolute Gasteiger partial charge is 0.361 e. The fourth-order valence-corrected chi connectivity index (χ4v) is 4.26. The van der Waals surface area contributed by atoms with Crippen molar-refractivity contribution in [3.8, 4) is 11.4 Å². The molecule has 1 N–H and O–H groups in total. The Bertz CT molecular complexity index is 1150. The molecule has 2 aromatic heterocycles. The fourth-order valence-electron chi connectivity index (χ4n) is 3.78. The molecule has 4 aromatic rings. The van der Waals surface area contributed by atoms with Crippen molar-refractivity contribution in [1.29, 1.82) is 0 Å². The molecule has 0 saturated heterocycles. The Kier molecular flexibility index (Phi) is 4.67. The number of H-pyrrole nitrogens is 1. The van der Waals surface area contributed by atoms with Gasteiger partial charge in [0.05, 0.1) is 5.69 Å². The van der Waals surface area contributed by atoms with Crippen molar-refractivity contribution >= 4 is 38.4 Å². The summed E-state index contributed by atoms with van der Waals surface area (Å²) < 4.78 is 1.09. The summed E-state index contributed by atoms with van der Waals surface area (Å²) in [6, 6.07) is 14.1. The summed E-state index contributed by atoms with van der Waals surface area (Å²) in [6.07, 6.45) is 5.03. The van der Waals surface area contributed by atoms with E-state index in [1.165, 1.54) is 16.5 Å². The Morgan fingerprint density at radius 3 is 2.86 bits per heavy atom. The lowest BCUT2D eigenvalue weighted by atomic mass is 10.1. The Hall–Kier alpha value is -2.21. The van der Waals surface area contributed by atoms with E-state index in [4.69, 9.17) is 16.6 Å². The molecule has 28 heavy (non-hydrogen) atoms. The second kappa shape index (κ2) is 7.32. The van der Waals surface area contributed by atoms with Crippen LogP contribution in [0.3, 0.4) is 0 Å². The maximum Gasteiger partial charge on any atom is 0.159 e. The zero-order valence-corrected chi connectivity index (χ0v) is 17.5. The first kappa shape index (κ1) is 17.9. The standard InChI is InChI=1S/C22H18BrClN4/c23-17-3-6-19-15(10-25-21(19)9-17)12-28-8-7-20-16(13-28)11-26-22(27-20)14-1-4-18(24)5-2-14/h1-6,9-11,25H,7-8,12-13H2. The number of nitrogens with one attached hydrogen (secondary N) is 1. The summed E-state index contributed by atoms with van der Waals surface area (Å²) in [5.74, 6) is 0.770. The van der Waals surface area contributed by atoms with Crippen molar-refractivity contribution in [3.05, 3.63) is 81.2 Å². The number of nitrogens with zero attached hydrogens (tertiary/aromatic N) is 3. The van der Waals surface area contributed by atoms with Crippen LogP contribution in [-0.4, -0.2) is 26.4 Å². The van der Waals surface area contributed by atoms with Crippen molar-refractivity contribution in [2.75, 3.05) is 6.54 Å². The molecule has 0 aliphatic carbocycles. The number of hydrogen-bond donors (Lipinski definition) is 1. The quantitative estimate of drug-likeness (QED) is 0.439. The van der Waals surface area contributed by atoms with Crippen molar-refractivity contribution in [2.45, 2.75) is 19.5 Å². The highest BCUT2D eigenvalue weighted by Crippen LogP contribution is 2.26. The molecule has 0 unspecified atom stereocenters. The number of hydrogen-bond acceptors (Lipinski definition) is 3. The SMILES string of the molecule is Clc1ccc(-c2ncc3c(n2)CCN(Cc2c[nH]c4cc(Br)ccc24)C3)cc1. The minimum absolute atomic E-state index is 0.724. The molecule has 0 bridgehead atoms. The minimum atomic E-state index is 0.724. The normalized spacial score (nSPS) is 14.4. The topological polar surface area (TPSA) is 44.8 Å². The third kappa shape index (κ3) is 3.46. The molecular formula is C22H18BrClN4. The van der Waals surface area contributed by atoms with Gasteiger partial charge in [-0.3, -0.25) is 4.90 Å². The van der Waals surface area contributed by atoms with E-state index in [9.17, 15) is 0 Å². The van der Waals surface area contributed by atoms with Crippen molar-refractivity contribution < 1.29 is 0 Å². The first-order chi connectivity index (χ1) is 13.7. The van der Waals surface area contributed by atoms with E-state index < -0.39 is 0 Å². The smallest absolute Gasteiger partial charge is 0.159 e. The van der Waals surface area contributed by atoms with Gasteiger partial charge >= 0.3 is 0 Å². The van der Waals surface area contributed by atoms with Crippen LogP contribution in [0.1, 0.15) is 16.8 Å². The molecule has 4 nitrogen and oxygen atoms in total. The summed E-state index contributed by atoms with van der Waals surface area (Å²) in [4.78, 5) is 15.2. The van der Waals surface area contributed by atoms with Gasteiger partial charge in [0.25, 0.3) is 0 Å². The van der Waals surface area contributed by atoms with Crippen LogP contribution in [0.5, 0.6) is 0 Å². The van der Waals surface area contributed by atoms with Gasteiger partial charge in [-0.2, -0.15) is 0 Å². The zero-order chi connectivity index (χ0) is 19.1. The van der Waals surface area contributed by atoms with Gasteiger partial charge in [0.1, 0.15) is 0 Å². The molecule has 0 spiro atoms. The van der Waals surface area contributed by atoms with Gasteiger partial charge in [-0.05, 0) is 42.0 Å². The van der Waals surface area contributed by atoms with Crippen molar-refractivity contribution in [2.24, 2.45) is 0 Å². The fraction of sp³-hybridized carbons (Fsp3) is 0.182. The Morgan fingerprint density at radius 1 is 1.14 bits per heavy atom. The molecule has 1 aliphatic heterocycles. The lowest BCUT2D eigenvalue weighted by Crippen LogP contribution is -2.30. The van der Waals surface area contributed by atoms with Crippen LogP contribution in [-0.2, 0) is 19.5 Å². The Balaban J connectivity index is 1.35. The predicted octanol–water partition coefficient (Wildman–Crippen LogP) is 5.60. The van der Waals surface area contributed by atoms with E-state index in [0.717, 1.165) is 58.1 Å². The Morgan fingerprint density at radius 2 is 2.00 bits per heavy atom. The summed E-state index contributed by atoms with van der Waals surface area (Å²) in [5.41, 5.74) is 5.85. The van der Waals surface area contributed by atoms with Gasteiger partial charge in [-0.15, -0.1) is 0 Å². The van der Waals surface area contributed by atoms with Crippen LogP contribution in [0.25, 0.3) is 22.3 Å². The zero-order valence-electron chi connectivity index (χ0n) is 15.1. The van der Waals surface area contributed by atoms with Gasteiger partial charge in [0.2, 0.25) is 0 Å². The number of aromatic nitrogens is 3. The van der Waals surface area contributed by atoms with Gasteiger partial charge in [-0.1, -0.05) is 33.6 Å². The van der Waals surface area contributed by atoms with Gasteiger partial charge in [0.15, 0.2) is 5.82 Å². The third-order valence-electron chi connectivity index (χ3n) is 5.24. The molecule has 0 fully saturated rings. The monoisotopic (exact) mass is 452 g/mol. The van der Waals surface area contributed by atoms with Crippen LogP contribution in [0.4, 0.5) is 0 Å². The van der Waals surface area contributed by atoms with E-state index in [-0.39, 0.29) is 0 Å². The van der Waals surface area contributed by atoms with E-state index in [1.54, 1.807) is 0 Å². The molecule has 6 heteroatoms. The number of benzene rings is 2. The molecule has 5 rings (SSSR count). The molecule has 0 atom stereocenters. The van der Waals surface area contributed by atoms with Crippen LogP contribution in [0, 0.1) is 0 Å². The maximum atomic E-state index is 5.98. The molecule has 0 amide bonds. The van der Waals surface area contributed by atoms with Gasteiger partial charge in [-0.25, -0.2) is 9.97 Å². The first-order valence-electron chi connectivity index (χ1n) is 9.24. The third-order valence-corrected chi connectivity index (χ3v) is 5.98. The van der Waals surface area contributed by atoms with E-state index in [2.05, 4.69) is 55.2 Å². The molecular weight excluding hydrogens is 436 g/mol. The highest BCUT2D eigenvalue weighted by Gasteiger charge is 2.20. The lowest BCUT2D eigenvalue weighted by Gasteiger charge is -2.27. The summed E-state index contributed by atoms with van der Waals surface area (Å²) in [6.45, 7) is 2.78. The molecule has 2 aromatic carbocycles. The molecule has 3 heterocycles. The first-order valence-corrected chi connectivity index (χ1v) is 10.4. The number of aromatic amines is 1. The summed E-state index contributed by atoms with van der Waals surface area (Å²) >= 11 is 9.52. The second-order valence-corrected chi connectivity index (χ2v) is 8.49. The maximum absolute atomic E-state index is 5.98. The predicted molar refractivity (Wildman–Crippen MR) is 116 cm³/mol. The van der Waals surface area contributed by atoms with Crippen LogP contribution in [0.2, 0.25) is 5.02 Å². The average Bonchev–Trinajstić information content (AvgIpc) is 3.10. The second-order valence-electron chi connectivity index (χ2n) is 7.14. The summed E-state index contributed by atoms with van der Waals surface area (Å²) in [7, 11) is 0. The molecule has 0 radical (unpaired) electrons. The average molecular weight is 454 g/mol. The van der Waals surface area contributed by atoms with E-state index in [1.807, 2.05) is 30.5 Å². The number of fused-ring (bicyclic) bond motifs is 2. The lowest BCUT2D eigenvalue weighted by molar-refractivity contribution is 0.244. The Labute approximate surface area is 176 Å². The van der Waals surface area contributed by atoms with Crippen LogP contribution in [0.15, 0.2) is 59.3 Å². The highest BCUT2D eigenvalue weighted by molar-refractivity contribution is 9.10. The van der Waals surface area contributed by atoms with Gasteiger partial charge in [0, 0.05) is 70.0 Å². The molecule has 0 saturated carbocycles. The van der Waals surface area contributed by atoms with E-state index in [0.29, 0.717) is 0 Å². The summed E-state index contributed by atoms with van der Waals surface area (Å²) in [5, 5.41) is 2.00.